The number of rotatable bonds is 16. The van der Waals surface area contributed by atoms with Crippen LogP contribution in [0, 0.1) is 23.7 Å². The smallest absolute Gasteiger partial charge is 0.343 e. The van der Waals surface area contributed by atoms with Crippen molar-refractivity contribution in [3.8, 4) is 5.75 Å². The van der Waals surface area contributed by atoms with Gasteiger partial charge in [-0.2, -0.15) is 0 Å². The highest BCUT2D eigenvalue weighted by Gasteiger charge is 2.44. The molecule has 2 rings (SSSR count). The number of ether oxygens (including phenoxy) is 3. The van der Waals surface area contributed by atoms with Gasteiger partial charge in [-0.1, -0.05) is 65.5 Å². The third-order valence-electron chi connectivity index (χ3n) is 7.48. The van der Waals surface area contributed by atoms with Crippen LogP contribution in [0.4, 0.5) is 0 Å². The maximum Gasteiger partial charge on any atom is 0.343 e. The topological polar surface area (TPSA) is 82.1 Å². The lowest BCUT2D eigenvalue weighted by Crippen LogP contribution is -2.28. The molecule has 6 nitrogen and oxygen atoms in total. The van der Waals surface area contributed by atoms with E-state index in [1.54, 1.807) is 0 Å². The fourth-order valence-corrected chi connectivity index (χ4v) is 5.54. The van der Waals surface area contributed by atoms with Crippen molar-refractivity contribution in [1.29, 1.82) is 0 Å². The van der Waals surface area contributed by atoms with E-state index in [2.05, 4.69) is 24.7 Å². The Bertz CT molecular complexity index is 791. The molecule has 0 heterocycles. The van der Waals surface area contributed by atoms with E-state index < -0.39 is 5.97 Å². The van der Waals surface area contributed by atoms with Crippen molar-refractivity contribution in [3.63, 3.8) is 0 Å². The van der Waals surface area contributed by atoms with Crippen molar-refractivity contribution in [3.05, 3.63) is 29.8 Å². The number of hydrogen-bond acceptors (Lipinski definition) is 6. The van der Waals surface area contributed by atoms with Gasteiger partial charge >= 0.3 is 11.9 Å². The normalized spacial score (nSPS) is 22.4. The van der Waals surface area contributed by atoms with Gasteiger partial charge in [0.2, 0.25) is 0 Å². The third kappa shape index (κ3) is 10.1. The Morgan fingerprint density at radius 3 is 2.53 bits per heavy atom. The minimum absolute atomic E-state index is 0.104. The fraction of sp³-hybridized carbons (Fsp3) is 0.733. The average molecular weight is 505 g/mol. The van der Waals surface area contributed by atoms with Crippen LogP contribution in [0.3, 0.4) is 0 Å². The molecule has 0 spiro atoms. The molecule has 204 valence electrons. The Morgan fingerprint density at radius 2 is 1.86 bits per heavy atom. The quantitative estimate of drug-likeness (QED) is 0.216. The van der Waals surface area contributed by atoms with Crippen LogP contribution in [0.15, 0.2) is 24.3 Å². The Morgan fingerprint density at radius 1 is 1.08 bits per heavy atom. The number of aliphatic hydroxyl groups excluding tert-OH is 1. The zero-order valence-corrected chi connectivity index (χ0v) is 23.0. The molecule has 0 aliphatic heterocycles. The van der Waals surface area contributed by atoms with E-state index in [1.165, 1.54) is 7.11 Å². The third-order valence-corrected chi connectivity index (χ3v) is 7.48. The van der Waals surface area contributed by atoms with Crippen molar-refractivity contribution in [2.75, 3.05) is 13.7 Å². The number of aliphatic hydroxyl groups is 1. The summed E-state index contributed by atoms with van der Waals surface area (Å²) >= 11 is 0. The lowest BCUT2D eigenvalue weighted by Gasteiger charge is -2.28. The summed E-state index contributed by atoms with van der Waals surface area (Å²) < 4.78 is 16.3. The van der Waals surface area contributed by atoms with Crippen LogP contribution in [-0.4, -0.2) is 43.0 Å². The minimum atomic E-state index is -0.411. The van der Waals surface area contributed by atoms with Crippen LogP contribution in [-0.2, 0) is 25.5 Å². The Balaban J connectivity index is 2.15. The first-order valence-corrected chi connectivity index (χ1v) is 13.9. The summed E-state index contributed by atoms with van der Waals surface area (Å²) in [5.74, 6) is 1.40. The number of hydrogen-bond donors (Lipinski definition) is 1. The summed E-state index contributed by atoms with van der Waals surface area (Å²) in [5, 5.41) is 10.6. The molecule has 1 aliphatic carbocycles. The molecule has 6 heteroatoms. The van der Waals surface area contributed by atoms with E-state index in [0.29, 0.717) is 24.0 Å². The molecule has 1 aliphatic rings. The second-order valence-corrected chi connectivity index (χ2v) is 10.8. The molecular weight excluding hydrogens is 456 g/mol. The van der Waals surface area contributed by atoms with Crippen LogP contribution >= 0.6 is 0 Å². The summed E-state index contributed by atoms with van der Waals surface area (Å²) in [5.41, 5.74) is 1.14. The van der Waals surface area contributed by atoms with Gasteiger partial charge in [0.25, 0.3) is 0 Å². The van der Waals surface area contributed by atoms with E-state index in [0.717, 1.165) is 63.4 Å². The number of carbonyl (C=O) groups excluding carboxylic acids is 2. The molecule has 1 aromatic carbocycles. The predicted octanol–water partition coefficient (Wildman–Crippen LogP) is 6.12. The molecule has 0 radical (unpaired) electrons. The number of benzene rings is 1. The first kappa shape index (κ1) is 30.1. The zero-order chi connectivity index (χ0) is 26.5. The summed E-state index contributed by atoms with van der Waals surface area (Å²) in [7, 11) is 1.35. The summed E-state index contributed by atoms with van der Waals surface area (Å²) in [6, 6.07) is 7.88. The Hall–Kier alpha value is -2.08. The second kappa shape index (κ2) is 15.9. The van der Waals surface area contributed by atoms with Crippen molar-refractivity contribution >= 4 is 11.9 Å². The monoisotopic (exact) mass is 504 g/mol. The first-order valence-electron chi connectivity index (χ1n) is 13.9. The standard InChI is InChI=1S/C30H48O6/c1-6-8-9-12-24(31)14-15-26-27(23(7-2)19-28(26)36-29(32)16-21(3)4)18-22-11-10-13-25(17-22)35-20-30(33)34-5/h10-11,13,17,21,23-24,26-28,31H,6-9,12,14-16,18-20H2,1-5H3/t23-,24-,26+,27-,28+/m0/s1. The average Bonchev–Trinajstić information content (AvgIpc) is 3.16. The van der Waals surface area contributed by atoms with Crippen LogP contribution < -0.4 is 4.74 Å². The number of esters is 2. The zero-order valence-electron chi connectivity index (χ0n) is 23.0. The predicted molar refractivity (Wildman–Crippen MR) is 142 cm³/mol. The van der Waals surface area contributed by atoms with Gasteiger partial charge in [0.15, 0.2) is 6.61 Å². The van der Waals surface area contributed by atoms with E-state index >= 15 is 0 Å². The van der Waals surface area contributed by atoms with Crippen molar-refractivity contribution < 1.29 is 28.9 Å². The molecule has 36 heavy (non-hydrogen) atoms. The molecular formula is C30H48O6. The molecule has 0 aromatic heterocycles. The van der Waals surface area contributed by atoms with Crippen molar-refractivity contribution in [2.24, 2.45) is 23.7 Å². The molecule has 0 unspecified atom stereocenters. The van der Waals surface area contributed by atoms with Gasteiger partial charge in [0.05, 0.1) is 13.2 Å². The van der Waals surface area contributed by atoms with Gasteiger partial charge in [-0.15, -0.1) is 0 Å². The fourth-order valence-electron chi connectivity index (χ4n) is 5.54. The van der Waals surface area contributed by atoms with Crippen molar-refractivity contribution in [2.45, 2.75) is 104 Å². The van der Waals surface area contributed by atoms with Crippen molar-refractivity contribution in [1.82, 2.24) is 0 Å². The molecule has 1 fully saturated rings. The molecule has 1 aromatic rings. The highest BCUT2D eigenvalue weighted by molar-refractivity contribution is 5.71. The van der Waals surface area contributed by atoms with Crippen LogP contribution in [0.25, 0.3) is 0 Å². The maximum absolute atomic E-state index is 12.6. The molecule has 1 N–H and O–H groups in total. The number of carbonyl (C=O) groups is 2. The summed E-state index contributed by atoms with van der Waals surface area (Å²) in [6.07, 6.45) is 8.54. The van der Waals surface area contributed by atoms with Crippen LogP contribution in [0.5, 0.6) is 5.75 Å². The minimum Gasteiger partial charge on any atom is -0.482 e. The lowest BCUT2D eigenvalue weighted by molar-refractivity contribution is -0.152. The van der Waals surface area contributed by atoms with Gasteiger partial charge in [0, 0.05) is 6.42 Å². The molecule has 5 atom stereocenters. The highest BCUT2D eigenvalue weighted by atomic mass is 16.6. The van der Waals surface area contributed by atoms with Gasteiger partial charge in [0.1, 0.15) is 11.9 Å². The van der Waals surface area contributed by atoms with E-state index in [-0.39, 0.29) is 36.6 Å². The number of methoxy groups -OCH3 is 1. The van der Waals surface area contributed by atoms with Gasteiger partial charge in [-0.3, -0.25) is 4.79 Å². The van der Waals surface area contributed by atoms with Gasteiger partial charge in [-0.05, 0) is 73.5 Å². The molecule has 0 saturated heterocycles. The van der Waals surface area contributed by atoms with Crippen LogP contribution in [0.1, 0.15) is 91.0 Å². The summed E-state index contributed by atoms with van der Waals surface area (Å²) in [4.78, 5) is 24.1. The largest absolute Gasteiger partial charge is 0.482 e. The maximum atomic E-state index is 12.6. The Kier molecular flexibility index (Phi) is 13.3. The van der Waals surface area contributed by atoms with E-state index in [4.69, 9.17) is 9.47 Å². The summed E-state index contributed by atoms with van der Waals surface area (Å²) in [6.45, 7) is 8.34. The van der Waals surface area contributed by atoms with E-state index in [1.807, 2.05) is 32.0 Å². The van der Waals surface area contributed by atoms with Gasteiger partial charge < -0.3 is 19.3 Å². The lowest BCUT2D eigenvalue weighted by atomic mass is 9.80. The Labute approximate surface area is 218 Å². The number of unbranched alkanes of at least 4 members (excludes halogenated alkanes) is 2. The van der Waals surface area contributed by atoms with Crippen LogP contribution in [0.2, 0.25) is 0 Å². The van der Waals surface area contributed by atoms with E-state index in [9.17, 15) is 14.7 Å². The molecule has 1 saturated carbocycles. The highest BCUT2D eigenvalue weighted by Crippen LogP contribution is 2.45. The first-order chi connectivity index (χ1) is 17.3. The SMILES string of the molecule is CCCCC[C@H](O)CC[C@@H]1[C@@H](Cc2cccc(OCC(=O)OC)c2)[C@@H](CC)C[C@H]1OC(=O)CC(C)C. The second-order valence-electron chi connectivity index (χ2n) is 10.8. The van der Waals surface area contributed by atoms with Gasteiger partial charge in [-0.25, -0.2) is 4.79 Å². The molecule has 0 amide bonds. The molecule has 0 bridgehead atoms.